The van der Waals surface area contributed by atoms with Crippen molar-refractivity contribution in [1.29, 1.82) is 0 Å². The van der Waals surface area contributed by atoms with Gasteiger partial charge in [0.15, 0.2) is 0 Å². The molecule has 1 aromatic carbocycles. The molecule has 6 nitrogen and oxygen atoms in total. The number of amides is 1. The molecule has 4 rings (SSSR count). The molecule has 0 saturated carbocycles. The molecular weight excluding hydrogens is 396 g/mol. The molecule has 7 heteroatoms. The maximum atomic E-state index is 13.0. The third-order valence-corrected chi connectivity index (χ3v) is 6.03. The largest absolute Gasteiger partial charge is 0.418 e. The van der Waals surface area contributed by atoms with E-state index >= 15 is 0 Å². The fourth-order valence-electron chi connectivity index (χ4n) is 3.60. The lowest BCUT2D eigenvalue weighted by Crippen LogP contribution is -2.41. The van der Waals surface area contributed by atoms with E-state index in [1.165, 1.54) is 11.1 Å². The Morgan fingerprint density at radius 3 is 2.77 bits per heavy atom. The Hall–Kier alpha value is -2.77. The Kier molecular flexibility index (Phi) is 6.71. The number of thiophene rings is 1. The first-order valence-electron chi connectivity index (χ1n) is 10.3. The average molecular weight is 423 g/mol. The lowest BCUT2D eigenvalue weighted by Gasteiger charge is -2.29. The number of nitrogens with zero attached hydrogens (tertiary/aromatic N) is 4. The summed E-state index contributed by atoms with van der Waals surface area (Å²) < 4.78 is 5.78. The van der Waals surface area contributed by atoms with Crippen LogP contribution < -0.4 is 0 Å². The molecule has 0 spiro atoms. The van der Waals surface area contributed by atoms with Gasteiger partial charge >= 0.3 is 0 Å². The smallest absolute Gasteiger partial charge is 0.257 e. The number of benzene rings is 1. The van der Waals surface area contributed by atoms with Crippen LogP contribution in [-0.2, 0) is 11.3 Å². The first-order chi connectivity index (χ1) is 14.7. The second kappa shape index (κ2) is 9.82. The summed E-state index contributed by atoms with van der Waals surface area (Å²) in [5, 5.41) is 10.2. The second-order valence-corrected chi connectivity index (χ2v) is 8.32. The highest BCUT2D eigenvalue weighted by Gasteiger charge is 2.21. The minimum Gasteiger partial charge on any atom is -0.418 e. The summed E-state index contributed by atoms with van der Waals surface area (Å²) in [7, 11) is 0. The quantitative estimate of drug-likeness (QED) is 0.541. The molecule has 0 aliphatic carbocycles. The van der Waals surface area contributed by atoms with E-state index in [1.807, 2.05) is 28.5 Å². The lowest BCUT2D eigenvalue weighted by atomic mass is 9.99. The number of aromatic nitrogens is 2. The van der Waals surface area contributed by atoms with Gasteiger partial charge in [0.05, 0.1) is 18.0 Å². The number of carbonyl (C=O) groups is 1. The Bertz CT molecular complexity index is 982. The molecule has 3 aromatic rings. The van der Waals surface area contributed by atoms with Crippen LogP contribution in [0.2, 0.25) is 0 Å². The summed E-state index contributed by atoms with van der Waals surface area (Å²) >= 11 is 1.56. The van der Waals surface area contributed by atoms with Crippen molar-refractivity contribution in [2.75, 3.05) is 26.2 Å². The Morgan fingerprint density at radius 2 is 2.07 bits per heavy atom. The SMILES string of the molecule is CCCN(Cc1nnc(-c2cccs2)o1)C(=O)CN1CC=C(c2ccccc2)CC1. The van der Waals surface area contributed by atoms with Gasteiger partial charge in [-0.15, -0.1) is 21.5 Å². The summed E-state index contributed by atoms with van der Waals surface area (Å²) in [4.78, 5) is 17.9. The van der Waals surface area contributed by atoms with Gasteiger partial charge in [-0.2, -0.15) is 0 Å². The van der Waals surface area contributed by atoms with Gasteiger partial charge in [0.1, 0.15) is 0 Å². The molecule has 0 atom stereocenters. The minimum atomic E-state index is 0.101. The van der Waals surface area contributed by atoms with Gasteiger partial charge in [-0.05, 0) is 35.4 Å². The monoisotopic (exact) mass is 422 g/mol. The summed E-state index contributed by atoms with van der Waals surface area (Å²) in [5.74, 6) is 1.09. The summed E-state index contributed by atoms with van der Waals surface area (Å²) in [6, 6.07) is 14.4. The van der Waals surface area contributed by atoms with Crippen molar-refractivity contribution < 1.29 is 9.21 Å². The number of rotatable bonds is 8. The minimum absolute atomic E-state index is 0.101. The zero-order chi connectivity index (χ0) is 20.8. The molecule has 1 aliphatic heterocycles. The van der Waals surface area contributed by atoms with Crippen LogP contribution in [0.15, 0.2) is 58.3 Å². The van der Waals surface area contributed by atoms with Crippen molar-refractivity contribution in [3.8, 4) is 10.8 Å². The van der Waals surface area contributed by atoms with Gasteiger partial charge in [-0.25, -0.2) is 0 Å². The number of carbonyl (C=O) groups excluding carboxylic acids is 1. The molecule has 0 saturated heterocycles. The fraction of sp³-hybridized carbons (Fsp3) is 0.348. The van der Waals surface area contributed by atoms with Crippen molar-refractivity contribution in [3.63, 3.8) is 0 Å². The maximum Gasteiger partial charge on any atom is 0.257 e. The molecule has 3 heterocycles. The van der Waals surface area contributed by atoms with Crippen LogP contribution >= 0.6 is 11.3 Å². The fourth-order valence-corrected chi connectivity index (χ4v) is 4.25. The highest BCUT2D eigenvalue weighted by Crippen LogP contribution is 2.24. The molecule has 0 radical (unpaired) electrons. The second-order valence-electron chi connectivity index (χ2n) is 7.37. The standard InChI is InChI=1S/C23H26N4O2S/c1-2-12-27(16-21-24-25-23(29-21)20-9-6-15-30-20)22(28)17-26-13-10-19(11-14-26)18-7-4-3-5-8-18/h3-10,15H,2,11-14,16-17H2,1H3. The summed E-state index contributed by atoms with van der Waals surface area (Å²) in [6.07, 6.45) is 4.08. The third-order valence-electron chi connectivity index (χ3n) is 5.17. The van der Waals surface area contributed by atoms with Crippen LogP contribution in [0.4, 0.5) is 0 Å². The zero-order valence-corrected chi connectivity index (χ0v) is 18.0. The van der Waals surface area contributed by atoms with E-state index in [0.717, 1.165) is 30.8 Å². The van der Waals surface area contributed by atoms with Gasteiger partial charge in [-0.3, -0.25) is 9.69 Å². The van der Waals surface area contributed by atoms with Gasteiger partial charge in [-0.1, -0.05) is 49.4 Å². The van der Waals surface area contributed by atoms with E-state index in [2.05, 4.69) is 52.4 Å². The summed E-state index contributed by atoms with van der Waals surface area (Å²) in [6.45, 7) is 5.18. The molecule has 2 aromatic heterocycles. The van der Waals surface area contributed by atoms with Gasteiger partial charge in [0, 0.05) is 19.6 Å². The molecule has 0 fully saturated rings. The topological polar surface area (TPSA) is 62.5 Å². The van der Waals surface area contributed by atoms with E-state index in [0.29, 0.717) is 31.4 Å². The van der Waals surface area contributed by atoms with Gasteiger partial charge in [0.2, 0.25) is 11.8 Å². The Balaban J connectivity index is 1.35. The Morgan fingerprint density at radius 1 is 1.20 bits per heavy atom. The van der Waals surface area contributed by atoms with Crippen LogP contribution in [0.5, 0.6) is 0 Å². The normalized spacial score (nSPS) is 14.5. The van der Waals surface area contributed by atoms with Crippen molar-refractivity contribution in [2.24, 2.45) is 0 Å². The van der Waals surface area contributed by atoms with E-state index < -0.39 is 0 Å². The third kappa shape index (κ3) is 5.04. The molecule has 1 amide bonds. The van der Waals surface area contributed by atoms with Crippen molar-refractivity contribution in [3.05, 3.63) is 65.4 Å². The summed E-state index contributed by atoms with van der Waals surface area (Å²) in [5.41, 5.74) is 2.63. The van der Waals surface area contributed by atoms with Crippen molar-refractivity contribution >= 4 is 22.8 Å². The number of hydrogen-bond donors (Lipinski definition) is 0. The van der Waals surface area contributed by atoms with Crippen LogP contribution in [0.3, 0.4) is 0 Å². The van der Waals surface area contributed by atoms with E-state index in [9.17, 15) is 4.79 Å². The highest BCUT2D eigenvalue weighted by atomic mass is 32.1. The van der Waals surface area contributed by atoms with Crippen molar-refractivity contribution in [1.82, 2.24) is 20.0 Å². The van der Waals surface area contributed by atoms with Crippen LogP contribution in [-0.4, -0.2) is 52.1 Å². The lowest BCUT2D eigenvalue weighted by molar-refractivity contribution is -0.133. The van der Waals surface area contributed by atoms with E-state index in [4.69, 9.17) is 4.42 Å². The highest BCUT2D eigenvalue weighted by molar-refractivity contribution is 7.13. The molecule has 156 valence electrons. The van der Waals surface area contributed by atoms with Gasteiger partial charge in [0.25, 0.3) is 5.89 Å². The van der Waals surface area contributed by atoms with E-state index in [-0.39, 0.29) is 5.91 Å². The van der Waals surface area contributed by atoms with Crippen LogP contribution in [0.25, 0.3) is 16.3 Å². The maximum absolute atomic E-state index is 13.0. The molecule has 1 aliphatic rings. The van der Waals surface area contributed by atoms with Crippen LogP contribution in [0.1, 0.15) is 31.2 Å². The molecule has 0 unspecified atom stereocenters. The van der Waals surface area contributed by atoms with E-state index in [1.54, 1.807) is 11.3 Å². The molecule has 30 heavy (non-hydrogen) atoms. The Labute approximate surface area is 180 Å². The molecular formula is C23H26N4O2S. The van der Waals surface area contributed by atoms with Crippen molar-refractivity contribution in [2.45, 2.75) is 26.3 Å². The van der Waals surface area contributed by atoms with Gasteiger partial charge < -0.3 is 9.32 Å². The molecule has 0 N–H and O–H groups in total. The number of hydrogen-bond acceptors (Lipinski definition) is 6. The average Bonchev–Trinajstić information content (AvgIpc) is 3.47. The first-order valence-corrected chi connectivity index (χ1v) is 11.2. The predicted molar refractivity (Wildman–Crippen MR) is 119 cm³/mol. The van der Waals surface area contributed by atoms with Crippen LogP contribution in [0, 0.1) is 0 Å². The molecule has 0 bridgehead atoms. The zero-order valence-electron chi connectivity index (χ0n) is 17.2. The predicted octanol–water partition coefficient (Wildman–Crippen LogP) is 4.33. The first kappa shape index (κ1) is 20.5.